The molecule has 1 N–H and O–H groups in total. The maximum atomic E-state index is 10.2. The van der Waals surface area contributed by atoms with Crippen molar-refractivity contribution in [2.45, 2.75) is 57.7 Å². The summed E-state index contributed by atoms with van der Waals surface area (Å²) in [7, 11) is 0. The summed E-state index contributed by atoms with van der Waals surface area (Å²) in [4.78, 5) is 0. The predicted molar refractivity (Wildman–Crippen MR) is 78.2 cm³/mol. The van der Waals surface area contributed by atoms with E-state index >= 15 is 0 Å². The van der Waals surface area contributed by atoms with E-state index in [1.54, 1.807) is 0 Å². The topological polar surface area (TPSA) is 38.7 Å². The molecule has 0 aromatic heterocycles. The highest BCUT2D eigenvalue weighted by Crippen LogP contribution is 2.53. The van der Waals surface area contributed by atoms with Gasteiger partial charge in [-0.2, -0.15) is 0 Å². The average Bonchev–Trinajstić information content (AvgIpc) is 2.50. The second-order valence-electron chi connectivity index (χ2n) is 6.06. The first-order chi connectivity index (χ1) is 9.74. The molecule has 0 aliphatic heterocycles. The molecule has 2 unspecified atom stereocenters. The fraction of sp³-hybridized carbons (Fsp3) is 0.647. The molecule has 1 aromatic carbocycles. The first-order valence-electron chi connectivity index (χ1n) is 7.82. The van der Waals surface area contributed by atoms with Gasteiger partial charge in [0, 0.05) is 11.8 Å². The van der Waals surface area contributed by atoms with E-state index in [0.29, 0.717) is 6.61 Å². The highest BCUT2D eigenvalue weighted by molar-refractivity contribution is 5.32. The van der Waals surface area contributed by atoms with Crippen LogP contribution in [0.3, 0.4) is 0 Å². The van der Waals surface area contributed by atoms with E-state index in [0.717, 1.165) is 30.8 Å². The van der Waals surface area contributed by atoms with Crippen molar-refractivity contribution in [2.75, 3.05) is 6.61 Å². The summed E-state index contributed by atoms with van der Waals surface area (Å²) in [6.07, 6.45) is 6.73. The van der Waals surface area contributed by atoms with Gasteiger partial charge in [-0.3, -0.25) is 0 Å². The Balaban J connectivity index is 1.65. The van der Waals surface area contributed by atoms with Crippen LogP contribution < -0.4 is 9.47 Å². The van der Waals surface area contributed by atoms with E-state index in [9.17, 15) is 5.11 Å². The van der Waals surface area contributed by atoms with Gasteiger partial charge in [-0.05, 0) is 44.0 Å². The molecule has 3 nitrogen and oxygen atoms in total. The van der Waals surface area contributed by atoms with Gasteiger partial charge in [0.25, 0.3) is 0 Å². The van der Waals surface area contributed by atoms with Gasteiger partial charge in [-0.1, -0.05) is 19.3 Å². The van der Waals surface area contributed by atoms with Gasteiger partial charge >= 0.3 is 0 Å². The van der Waals surface area contributed by atoms with Crippen LogP contribution in [0.1, 0.15) is 45.4 Å². The van der Waals surface area contributed by atoms with Crippen LogP contribution in [0.2, 0.25) is 0 Å². The number of hydrogen-bond donors (Lipinski definition) is 1. The zero-order valence-electron chi connectivity index (χ0n) is 12.2. The Morgan fingerprint density at radius 3 is 2.35 bits per heavy atom. The van der Waals surface area contributed by atoms with Crippen LogP contribution in [0.5, 0.6) is 11.5 Å². The van der Waals surface area contributed by atoms with E-state index in [4.69, 9.17) is 9.47 Å². The Morgan fingerprint density at radius 2 is 1.75 bits per heavy atom. The van der Waals surface area contributed by atoms with Crippen molar-refractivity contribution < 1.29 is 14.6 Å². The van der Waals surface area contributed by atoms with E-state index < -0.39 is 0 Å². The second kappa shape index (κ2) is 5.65. The Hall–Kier alpha value is -1.22. The number of ether oxygens (including phenoxy) is 2. The third-order valence-corrected chi connectivity index (χ3v) is 4.94. The summed E-state index contributed by atoms with van der Waals surface area (Å²) < 4.78 is 11.6. The first-order valence-corrected chi connectivity index (χ1v) is 7.82. The normalized spacial score (nSPS) is 27.9. The van der Waals surface area contributed by atoms with Crippen molar-refractivity contribution in [1.29, 1.82) is 0 Å². The molecule has 0 saturated heterocycles. The van der Waals surface area contributed by atoms with Gasteiger partial charge in [0.1, 0.15) is 17.6 Å². The third kappa shape index (κ3) is 2.39. The molecule has 2 aliphatic rings. The molecule has 0 amide bonds. The highest BCUT2D eigenvalue weighted by Gasteiger charge is 2.56. The monoisotopic (exact) mass is 276 g/mol. The lowest BCUT2D eigenvalue weighted by atomic mass is 9.56. The number of rotatable bonds is 4. The van der Waals surface area contributed by atoms with Crippen molar-refractivity contribution in [1.82, 2.24) is 0 Å². The van der Waals surface area contributed by atoms with Crippen LogP contribution in [0, 0.1) is 5.41 Å². The van der Waals surface area contributed by atoms with Crippen LogP contribution >= 0.6 is 0 Å². The van der Waals surface area contributed by atoms with E-state index in [1.807, 2.05) is 31.2 Å². The zero-order chi connectivity index (χ0) is 14.0. The predicted octanol–water partition coefficient (Wildman–Crippen LogP) is 3.55. The van der Waals surface area contributed by atoms with Crippen LogP contribution in [-0.4, -0.2) is 23.9 Å². The van der Waals surface area contributed by atoms with Gasteiger partial charge in [0.05, 0.1) is 12.7 Å². The summed E-state index contributed by atoms with van der Waals surface area (Å²) in [5.74, 6) is 1.76. The standard InChI is InChI=1S/C17H24O3/c1-2-19-13-6-8-14(9-7-13)20-16-12-15(18)17(16)10-4-3-5-11-17/h6-9,15-16,18H,2-5,10-12H2,1H3. The molecule has 2 fully saturated rings. The summed E-state index contributed by atoms with van der Waals surface area (Å²) in [6, 6.07) is 7.82. The Kier molecular flexibility index (Phi) is 3.88. The molecule has 3 heteroatoms. The second-order valence-corrected chi connectivity index (χ2v) is 6.06. The van der Waals surface area contributed by atoms with Gasteiger partial charge in [0.2, 0.25) is 0 Å². The molecule has 3 rings (SSSR count). The van der Waals surface area contributed by atoms with Crippen molar-refractivity contribution in [3.8, 4) is 11.5 Å². The third-order valence-electron chi connectivity index (χ3n) is 4.94. The van der Waals surface area contributed by atoms with Crippen LogP contribution in [0.4, 0.5) is 0 Å². The minimum Gasteiger partial charge on any atom is -0.494 e. The maximum Gasteiger partial charge on any atom is 0.120 e. The summed E-state index contributed by atoms with van der Waals surface area (Å²) in [5, 5.41) is 10.2. The lowest BCUT2D eigenvalue weighted by molar-refractivity contribution is -0.172. The molecule has 1 aromatic rings. The molecule has 2 saturated carbocycles. The number of aliphatic hydroxyl groups is 1. The van der Waals surface area contributed by atoms with Crippen molar-refractivity contribution >= 4 is 0 Å². The molecule has 0 bridgehead atoms. The lowest BCUT2D eigenvalue weighted by Crippen LogP contribution is -2.60. The summed E-state index contributed by atoms with van der Waals surface area (Å²) >= 11 is 0. The Labute approximate surface area is 120 Å². The zero-order valence-corrected chi connectivity index (χ0v) is 12.2. The number of aliphatic hydroxyl groups excluding tert-OH is 1. The van der Waals surface area contributed by atoms with Gasteiger partial charge in [-0.15, -0.1) is 0 Å². The van der Waals surface area contributed by atoms with Gasteiger partial charge in [0.15, 0.2) is 0 Å². The molecular formula is C17H24O3. The molecule has 0 heterocycles. The van der Waals surface area contributed by atoms with Gasteiger partial charge < -0.3 is 14.6 Å². The first kappa shape index (κ1) is 13.7. The quantitative estimate of drug-likeness (QED) is 0.914. The fourth-order valence-electron chi connectivity index (χ4n) is 3.70. The molecule has 2 atom stereocenters. The Morgan fingerprint density at radius 1 is 1.10 bits per heavy atom. The smallest absolute Gasteiger partial charge is 0.120 e. The largest absolute Gasteiger partial charge is 0.494 e. The minimum absolute atomic E-state index is 0.0246. The van der Waals surface area contributed by atoms with E-state index in [2.05, 4.69) is 0 Å². The summed E-state index contributed by atoms with van der Waals surface area (Å²) in [5.41, 5.74) is 0.0246. The van der Waals surface area contributed by atoms with Crippen LogP contribution in [0.25, 0.3) is 0 Å². The molecule has 1 spiro atoms. The molecule has 0 radical (unpaired) electrons. The van der Waals surface area contributed by atoms with E-state index in [1.165, 1.54) is 19.3 Å². The summed E-state index contributed by atoms with van der Waals surface area (Å²) in [6.45, 7) is 2.66. The van der Waals surface area contributed by atoms with Crippen LogP contribution in [0.15, 0.2) is 24.3 Å². The fourth-order valence-corrected chi connectivity index (χ4v) is 3.70. The van der Waals surface area contributed by atoms with Crippen LogP contribution in [-0.2, 0) is 0 Å². The number of hydrogen-bond acceptors (Lipinski definition) is 3. The Bertz CT molecular complexity index is 434. The lowest BCUT2D eigenvalue weighted by Gasteiger charge is -2.55. The minimum atomic E-state index is -0.171. The maximum absolute atomic E-state index is 10.2. The molecule has 2 aliphatic carbocycles. The van der Waals surface area contributed by atoms with Crippen molar-refractivity contribution in [2.24, 2.45) is 5.41 Å². The molecule has 110 valence electrons. The van der Waals surface area contributed by atoms with Crippen molar-refractivity contribution in [3.63, 3.8) is 0 Å². The molecular weight excluding hydrogens is 252 g/mol. The van der Waals surface area contributed by atoms with E-state index in [-0.39, 0.29) is 17.6 Å². The number of benzene rings is 1. The SMILES string of the molecule is CCOc1ccc(OC2CC(O)C23CCCCC3)cc1. The highest BCUT2D eigenvalue weighted by atomic mass is 16.5. The van der Waals surface area contributed by atoms with Gasteiger partial charge in [-0.25, -0.2) is 0 Å². The molecule has 20 heavy (non-hydrogen) atoms. The van der Waals surface area contributed by atoms with Crippen molar-refractivity contribution in [3.05, 3.63) is 24.3 Å². The average molecular weight is 276 g/mol.